The van der Waals surface area contributed by atoms with Gasteiger partial charge in [0.05, 0.1) is 11.8 Å². The Morgan fingerprint density at radius 3 is 1.00 bits per heavy atom. The lowest BCUT2D eigenvalue weighted by Gasteiger charge is -2.35. The lowest BCUT2D eigenvalue weighted by molar-refractivity contribution is 0.421. The summed E-state index contributed by atoms with van der Waals surface area (Å²) in [6, 6.07) is 26.4. The largest absolute Gasteiger partial charge is 0.507 e. The molecule has 4 N–H and O–H groups in total. The minimum absolute atomic E-state index is 0.108. The van der Waals surface area contributed by atoms with Gasteiger partial charge < -0.3 is 20.2 Å². The fraction of sp³-hybridized carbons (Fsp3) is 0.391. The van der Waals surface area contributed by atoms with Crippen molar-refractivity contribution in [3.8, 4) is 11.5 Å². The Balaban J connectivity index is 1.64. The monoisotopic (exact) mass is 666 g/mol. The molecule has 50 heavy (non-hydrogen) atoms. The third kappa shape index (κ3) is 5.34. The molecule has 260 valence electrons. The van der Waals surface area contributed by atoms with E-state index in [1.807, 2.05) is 0 Å². The maximum absolute atomic E-state index is 11.8. The van der Waals surface area contributed by atoms with Crippen molar-refractivity contribution in [3.05, 3.63) is 129 Å². The predicted octanol–water partition coefficient (Wildman–Crippen LogP) is 11.9. The van der Waals surface area contributed by atoms with Crippen molar-refractivity contribution in [1.29, 1.82) is 0 Å². The molecule has 2 atom stereocenters. The molecule has 1 aliphatic rings. The van der Waals surface area contributed by atoms with E-state index in [-0.39, 0.29) is 33.5 Å². The summed E-state index contributed by atoms with van der Waals surface area (Å²) in [5.74, 6) is 0.576. The summed E-state index contributed by atoms with van der Waals surface area (Å²) in [5, 5.41) is 26.0. The Kier molecular flexibility index (Phi) is 7.51. The van der Waals surface area contributed by atoms with Crippen LogP contribution in [0.2, 0.25) is 0 Å². The summed E-state index contributed by atoms with van der Waals surface area (Å²) in [6.45, 7) is 26.2. The topological polar surface area (TPSA) is 72.0 Å². The van der Waals surface area contributed by atoms with E-state index in [0.29, 0.717) is 11.5 Å². The maximum Gasteiger partial charge on any atom is 0.123 e. The third-order valence-corrected chi connectivity index (χ3v) is 10.9. The number of nitrogens with one attached hydrogen (secondary N) is 2. The zero-order valence-corrected chi connectivity index (χ0v) is 32.0. The van der Waals surface area contributed by atoms with E-state index in [4.69, 9.17) is 0 Å². The Labute approximate surface area is 298 Å². The van der Waals surface area contributed by atoms with Crippen molar-refractivity contribution in [2.45, 2.75) is 117 Å². The van der Waals surface area contributed by atoms with Gasteiger partial charge in [0.2, 0.25) is 0 Å². The first kappa shape index (κ1) is 34.0. The number of phenols is 2. The van der Waals surface area contributed by atoms with E-state index in [1.54, 1.807) is 0 Å². The highest BCUT2D eigenvalue weighted by atomic mass is 16.3. The van der Waals surface area contributed by atoms with E-state index in [2.05, 4.69) is 166 Å². The Morgan fingerprint density at radius 2 is 0.720 bits per heavy atom. The molecular formula is C46H54N2O2. The quantitative estimate of drug-likeness (QED) is 0.148. The minimum Gasteiger partial charge on any atom is -0.507 e. The highest BCUT2D eigenvalue weighted by Crippen LogP contribution is 2.55. The number of aromatic nitrogens is 2. The summed E-state index contributed by atoms with van der Waals surface area (Å²) in [6.07, 6.45) is 0. The molecule has 4 nitrogen and oxygen atoms in total. The van der Waals surface area contributed by atoms with Crippen molar-refractivity contribution >= 4 is 21.8 Å². The molecule has 1 aliphatic carbocycles. The van der Waals surface area contributed by atoms with E-state index >= 15 is 0 Å². The SMILES string of the molecule is CC(C)(C)c1cc(C2c3[nH]c4ccccc4c3C(c3cc(C(C)(C)C)c(O)c(C(C)(C)C)c3)c3[nH]c4ccccc4c32)cc(C(C)(C)C)c1O. The molecule has 0 saturated carbocycles. The minimum atomic E-state index is -0.262. The number of hydrogen-bond acceptors (Lipinski definition) is 2. The fourth-order valence-electron chi connectivity index (χ4n) is 8.34. The molecule has 0 radical (unpaired) electrons. The number of aromatic hydroxyl groups is 2. The van der Waals surface area contributed by atoms with Gasteiger partial charge in [0.15, 0.2) is 0 Å². The van der Waals surface area contributed by atoms with Crippen molar-refractivity contribution in [2.75, 3.05) is 0 Å². The molecule has 0 bridgehead atoms. The summed E-state index contributed by atoms with van der Waals surface area (Å²) in [4.78, 5) is 7.93. The van der Waals surface area contributed by atoms with Gasteiger partial charge >= 0.3 is 0 Å². The van der Waals surface area contributed by atoms with Crippen molar-refractivity contribution in [3.63, 3.8) is 0 Å². The lowest BCUT2D eigenvalue weighted by Crippen LogP contribution is -2.23. The summed E-state index contributed by atoms with van der Waals surface area (Å²) in [5.41, 5.74) is 12.3. The smallest absolute Gasteiger partial charge is 0.123 e. The van der Waals surface area contributed by atoms with Crippen molar-refractivity contribution in [1.82, 2.24) is 9.97 Å². The van der Waals surface area contributed by atoms with Gasteiger partial charge in [-0.2, -0.15) is 0 Å². The Hall–Kier alpha value is -4.44. The van der Waals surface area contributed by atoms with Gasteiger partial charge in [-0.3, -0.25) is 0 Å². The highest BCUT2D eigenvalue weighted by molar-refractivity contribution is 5.93. The zero-order valence-electron chi connectivity index (χ0n) is 32.0. The van der Waals surface area contributed by atoms with E-state index in [1.165, 1.54) is 44.4 Å². The van der Waals surface area contributed by atoms with Gasteiger partial charge in [0.1, 0.15) is 11.5 Å². The lowest BCUT2D eigenvalue weighted by atomic mass is 9.69. The van der Waals surface area contributed by atoms with Gasteiger partial charge in [0.25, 0.3) is 0 Å². The van der Waals surface area contributed by atoms with Crippen LogP contribution < -0.4 is 0 Å². The van der Waals surface area contributed by atoms with Crippen LogP contribution in [-0.2, 0) is 21.7 Å². The van der Waals surface area contributed by atoms with E-state index < -0.39 is 0 Å². The van der Waals surface area contributed by atoms with Crippen molar-refractivity contribution < 1.29 is 10.2 Å². The van der Waals surface area contributed by atoms with Crippen LogP contribution in [0.15, 0.2) is 72.8 Å². The third-order valence-electron chi connectivity index (χ3n) is 10.9. The number of para-hydroxylation sites is 2. The number of benzene rings is 4. The molecule has 2 unspecified atom stereocenters. The normalized spacial score (nSPS) is 17.0. The predicted molar refractivity (Wildman–Crippen MR) is 210 cm³/mol. The number of hydrogen-bond donors (Lipinski definition) is 4. The number of H-pyrrole nitrogens is 2. The molecule has 2 heterocycles. The summed E-state index contributed by atoms with van der Waals surface area (Å²) in [7, 11) is 0. The first-order valence-electron chi connectivity index (χ1n) is 18.1. The van der Waals surface area contributed by atoms with Gasteiger partial charge in [-0.1, -0.05) is 144 Å². The van der Waals surface area contributed by atoms with Crippen LogP contribution in [0, 0.1) is 0 Å². The Morgan fingerprint density at radius 1 is 0.440 bits per heavy atom. The second kappa shape index (κ2) is 11.0. The van der Waals surface area contributed by atoms with Crippen molar-refractivity contribution in [2.24, 2.45) is 0 Å². The Bertz CT molecular complexity index is 2050. The second-order valence-corrected chi connectivity index (χ2v) is 18.8. The van der Waals surface area contributed by atoms with Gasteiger partial charge in [-0.05, 0) is 78.3 Å². The molecular weight excluding hydrogens is 613 g/mol. The second-order valence-electron chi connectivity index (χ2n) is 18.8. The van der Waals surface area contributed by atoms with Crippen LogP contribution >= 0.6 is 0 Å². The molecule has 0 aliphatic heterocycles. The number of rotatable bonds is 2. The number of aromatic amines is 2. The average Bonchev–Trinajstić information content (AvgIpc) is 3.57. The zero-order chi connectivity index (χ0) is 36.3. The molecule has 0 saturated heterocycles. The molecule has 0 spiro atoms. The summed E-state index contributed by atoms with van der Waals surface area (Å²) >= 11 is 0. The molecule has 6 aromatic rings. The maximum atomic E-state index is 11.8. The number of phenolic OH excluding ortho intramolecular Hbond substituents is 2. The van der Waals surface area contributed by atoms with Crippen LogP contribution in [0.3, 0.4) is 0 Å². The van der Waals surface area contributed by atoms with Gasteiger partial charge in [-0.15, -0.1) is 0 Å². The van der Waals surface area contributed by atoms with Crippen LogP contribution in [0.4, 0.5) is 0 Å². The van der Waals surface area contributed by atoms with E-state index in [0.717, 1.165) is 33.3 Å². The molecule has 4 heteroatoms. The first-order chi connectivity index (χ1) is 23.2. The first-order valence-corrected chi connectivity index (χ1v) is 18.1. The molecule has 0 amide bonds. The standard InChI is InChI=1S/C46H54N2O2/c1-43(2,3)29-21-25(22-30(41(29)49)44(4,5)6)35-37-27-17-13-15-19-33(27)48-40(37)36(38-28-18-14-16-20-34(28)47-39(35)38)26-23-31(45(7,8)9)42(50)32(24-26)46(10,11)12/h13-24,35-36,47-50H,1-12H3. The fourth-order valence-corrected chi connectivity index (χ4v) is 8.34. The molecule has 4 aromatic carbocycles. The average molecular weight is 667 g/mol. The van der Waals surface area contributed by atoms with E-state index in [9.17, 15) is 10.2 Å². The summed E-state index contributed by atoms with van der Waals surface area (Å²) < 4.78 is 0. The van der Waals surface area contributed by atoms with Crippen LogP contribution in [0.25, 0.3) is 21.8 Å². The molecule has 0 fully saturated rings. The highest BCUT2D eigenvalue weighted by Gasteiger charge is 2.42. The van der Waals surface area contributed by atoms with Crippen LogP contribution in [0.1, 0.15) is 151 Å². The van der Waals surface area contributed by atoms with Gasteiger partial charge in [-0.25, -0.2) is 0 Å². The van der Waals surface area contributed by atoms with Gasteiger partial charge in [0, 0.05) is 33.2 Å². The van der Waals surface area contributed by atoms with Crippen LogP contribution in [-0.4, -0.2) is 20.2 Å². The molecule has 2 aromatic heterocycles. The van der Waals surface area contributed by atoms with Crippen LogP contribution in [0.5, 0.6) is 11.5 Å². The molecule has 7 rings (SSSR count). The number of fused-ring (bicyclic) bond motifs is 6.